The van der Waals surface area contributed by atoms with Crippen molar-refractivity contribution in [2.24, 2.45) is 17.6 Å². The van der Waals surface area contributed by atoms with Crippen molar-refractivity contribution in [1.29, 1.82) is 0 Å². The first-order valence-corrected chi connectivity index (χ1v) is 6.95. The van der Waals surface area contributed by atoms with Gasteiger partial charge in [0, 0.05) is 12.0 Å². The number of methoxy groups -OCH3 is 1. The second-order valence-corrected chi connectivity index (χ2v) is 5.50. The highest BCUT2D eigenvalue weighted by molar-refractivity contribution is 5.99. The Morgan fingerprint density at radius 3 is 2.89 bits per heavy atom. The lowest BCUT2D eigenvalue weighted by molar-refractivity contribution is 0.0877. The normalized spacial score (nSPS) is 23.0. The fourth-order valence-corrected chi connectivity index (χ4v) is 2.96. The summed E-state index contributed by atoms with van der Waals surface area (Å²) in [5.41, 5.74) is 6.38. The molecule has 5 nitrogen and oxygen atoms in total. The summed E-state index contributed by atoms with van der Waals surface area (Å²) in [4.78, 5) is 12.8. The number of Topliss-reactive ketones (excluding diaryl/α,β-unsaturated/α-hetero) is 1. The molecule has 1 aromatic heterocycles. The minimum Gasteiger partial charge on any atom is -0.493 e. The molecule has 19 heavy (non-hydrogen) atoms. The van der Waals surface area contributed by atoms with E-state index in [-0.39, 0.29) is 17.7 Å². The Morgan fingerprint density at radius 2 is 2.32 bits per heavy atom. The van der Waals surface area contributed by atoms with E-state index in [9.17, 15) is 4.79 Å². The first-order valence-electron chi connectivity index (χ1n) is 6.95. The highest BCUT2D eigenvalue weighted by Crippen LogP contribution is 2.36. The number of nitrogens with zero attached hydrogens (tertiary/aromatic N) is 2. The van der Waals surface area contributed by atoms with Crippen molar-refractivity contribution in [3.63, 3.8) is 0 Å². The average Bonchev–Trinajstić information content (AvgIpc) is 3.03. The quantitative estimate of drug-likeness (QED) is 0.827. The SMILES string of the molecule is COc1cnn(C(C)C)c1C(=O)C1CCCC1CN. The number of aromatic nitrogens is 2. The van der Waals surface area contributed by atoms with Crippen LogP contribution in [0.1, 0.15) is 49.6 Å². The van der Waals surface area contributed by atoms with Crippen molar-refractivity contribution in [3.8, 4) is 5.75 Å². The maximum atomic E-state index is 12.8. The minimum atomic E-state index is 0.0214. The third kappa shape index (κ3) is 2.52. The van der Waals surface area contributed by atoms with Crippen molar-refractivity contribution >= 4 is 5.78 Å². The summed E-state index contributed by atoms with van der Waals surface area (Å²) in [5, 5.41) is 4.27. The topological polar surface area (TPSA) is 70.1 Å². The molecule has 0 radical (unpaired) electrons. The predicted octanol–water partition coefficient (Wildman–Crippen LogP) is 2.03. The maximum Gasteiger partial charge on any atom is 0.188 e. The van der Waals surface area contributed by atoms with Gasteiger partial charge in [0.2, 0.25) is 0 Å². The molecule has 5 heteroatoms. The summed E-state index contributed by atoms with van der Waals surface area (Å²) in [6, 6.07) is 0.139. The van der Waals surface area contributed by atoms with E-state index in [0.29, 0.717) is 23.9 Å². The fraction of sp³-hybridized carbons (Fsp3) is 0.714. The molecular formula is C14H23N3O2. The van der Waals surface area contributed by atoms with E-state index in [1.165, 1.54) is 0 Å². The molecule has 0 saturated heterocycles. The lowest BCUT2D eigenvalue weighted by atomic mass is 9.90. The van der Waals surface area contributed by atoms with E-state index < -0.39 is 0 Å². The first kappa shape index (κ1) is 14.1. The molecule has 0 aliphatic heterocycles. The molecule has 1 aromatic rings. The van der Waals surface area contributed by atoms with Gasteiger partial charge in [-0.2, -0.15) is 5.10 Å². The van der Waals surface area contributed by atoms with E-state index in [0.717, 1.165) is 19.3 Å². The van der Waals surface area contributed by atoms with E-state index >= 15 is 0 Å². The largest absolute Gasteiger partial charge is 0.493 e. The van der Waals surface area contributed by atoms with Gasteiger partial charge in [-0.1, -0.05) is 6.42 Å². The highest BCUT2D eigenvalue weighted by atomic mass is 16.5. The molecule has 2 atom stereocenters. The number of ketones is 1. The van der Waals surface area contributed by atoms with Crippen LogP contribution in [0.15, 0.2) is 6.20 Å². The molecule has 0 bridgehead atoms. The van der Waals surface area contributed by atoms with Gasteiger partial charge in [-0.25, -0.2) is 0 Å². The molecule has 2 rings (SSSR count). The van der Waals surface area contributed by atoms with Gasteiger partial charge in [-0.3, -0.25) is 9.48 Å². The molecular weight excluding hydrogens is 242 g/mol. The van der Waals surface area contributed by atoms with Gasteiger partial charge in [-0.15, -0.1) is 0 Å². The van der Waals surface area contributed by atoms with Crippen molar-refractivity contribution in [3.05, 3.63) is 11.9 Å². The molecule has 1 fully saturated rings. The molecule has 1 saturated carbocycles. The fourth-order valence-electron chi connectivity index (χ4n) is 2.96. The van der Waals surface area contributed by atoms with Gasteiger partial charge >= 0.3 is 0 Å². The molecule has 1 aliphatic rings. The molecule has 1 heterocycles. The Morgan fingerprint density at radius 1 is 1.58 bits per heavy atom. The molecule has 106 valence electrons. The van der Waals surface area contributed by atoms with Crippen LogP contribution in [0.4, 0.5) is 0 Å². The van der Waals surface area contributed by atoms with E-state index in [1.54, 1.807) is 18.0 Å². The van der Waals surface area contributed by atoms with Crippen LogP contribution in [0.3, 0.4) is 0 Å². The summed E-state index contributed by atoms with van der Waals surface area (Å²) < 4.78 is 7.05. The zero-order chi connectivity index (χ0) is 14.0. The zero-order valence-electron chi connectivity index (χ0n) is 11.9. The zero-order valence-corrected chi connectivity index (χ0v) is 11.9. The number of hydrogen-bond acceptors (Lipinski definition) is 4. The lowest BCUT2D eigenvalue weighted by Crippen LogP contribution is -2.27. The monoisotopic (exact) mass is 265 g/mol. The summed E-state index contributed by atoms with van der Waals surface area (Å²) in [6.45, 7) is 4.60. The van der Waals surface area contributed by atoms with Gasteiger partial charge < -0.3 is 10.5 Å². The van der Waals surface area contributed by atoms with Crippen molar-refractivity contribution in [2.45, 2.75) is 39.2 Å². The average molecular weight is 265 g/mol. The van der Waals surface area contributed by atoms with Gasteiger partial charge in [-0.05, 0) is 39.2 Å². The molecule has 1 aliphatic carbocycles. The summed E-state index contributed by atoms with van der Waals surface area (Å²) in [6.07, 6.45) is 4.67. The molecule has 0 amide bonds. The Kier molecular flexibility index (Phi) is 4.24. The van der Waals surface area contributed by atoms with Crippen LogP contribution in [0.25, 0.3) is 0 Å². The minimum absolute atomic E-state index is 0.0214. The standard InChI is InChI=1S/C14H23N3O2/c1-9(2)17-13(12(19-3)8-16-17)14(18)11-6-4-5-10(11)7-15/h8-11H,4-7,15H2,1-3H3. The third-order valence-electron chi connectivity index (χ3n) is 4.00. The Bertz CT molecular complexity index is 454. The molecule has 2 N–H and O–H groups in total. The van der Waals surface area contributed by atoms with Crippen LogP contribution in [0.2, 0.25) is 0 Å². The summed E-state index contributed by atoms with van der Waals surface area (Å²) in [5.74, 6) is 1.03. The Labute approximate surface area is 114 Å². The number of hydrogen-bond donors (Lipinski definition) is 1. The number of nitrogens with two attached hydrogens (primary N) is 1. The predicted molar refractivity (Wildman–Crippen MR) is 73.4 cm³/mol. The van der Waals surface area contributed by atoms with Crippen LogP contribution in [-0.4, -0.2) is 29.2 Å². The molecule has 0 spiro atoms. The van der Waals surface area contributed by atoms with Gasteiger partial charge in [0.15, 0.2) is 11.5 Å². The van der Waals surface area contributed by atoms with Gasteiger partial charge in [0.1, 0.15) is 5.69 Å². The van der Waals surface area contributed by atoms with Crippen molar-refractivity contribution in [2.75, 3.05) is 13.7 Å². The van der Waals surface area contributed by atoms with E-state index in [2.05, 4.69) is 5.10 Å². The van der Waals surface area contributed by atoms with Crippen LogP contribution in [0, 0.1) is 11.8 Å². The van der Waals surface area contributed by atoms with Crippen molar-refractivity contribution < 1.29 is 9.53 Å². The highest BCUT2D eigenvalue weighted by Gasteiger charge is 2.36. The van der Waals surface area contributed by atoms with Crippen LogP contribution in [-0.2, 0) is 0 Å². The Balaban J connectivity index is 2.34. The van der Waals surface area contributed by atoms with Gasteiger partial charge in [0.25, 0.3) is 0 Å². The first-order chi connectivity index (χ1) is 9.10. The maximum absolute atomic E-state index is 12.8. The van der Waals surface area contributed by atoms with Crippen molar-refractivity contribution in [1.82, 2.24) is 9.78 Å². The van der Waals surface area contributed by atoms with Crippen LogP contribution >= 0.6 is 0 Å². The van der Waals surface area contributed by atoms with Crippen LogP contribution < -0.4 is 10.5 Å². The smallest absolute Gasteiger partial charge is 0.188 e. The molecule has 2 unspecified atom stereocenters. The second kappa shape index (κ2) is 5.74. The molecule has 0 aromatic carbocycles. The third-order valence-corrected chi connectivity index (χ3v) is 4.00. The number of ether oxygens (including phenoxy) is 1. The van der Waals surface area contributed by atoms with E-state index in [4.69, 9.17) is 10.5 Å². The van der Waals surface area contributed by atoms with Crippen LogP contribution in [0.5, 0.6) is 5.75 Å². The van der Waals surface area contributed by atoms with E-state index in [1.807, 2.05) is 13.8 Å². The number of carbonyl (C=O) groups is 1. The second-order valence-electron chi connectivity index (χ2n) is 5.50. The Hall–Kier alpha value is -1.36. The lowest BCUT2D eigenvalue weighted by Gasteiger charge is -2.19. The summed E-state index contributed by atoms with van der Waals surface area (Å²) >= 11 is 0. The van der Waals surface area contributed by atoms with Gasteiger partial charge in [0.05, 0.1) is 13.3 Å². The number of rotatable bonds is 5. The summed E-state index contributed by atoms with van der Waals surface area (Å²) in [7, 11) is 1.58. The number of carbonyl (C=O) groups excluding carboxylic acids is 1.